The van der Waals surface area contributed by atoms with E-state index in [1.165, 1.54) is 27.9 Å². The van der Waals surface area contributed by atoms with Crippen LogP contribution in [-0.4, -0.2) is 23.4 Å². The minimum atomic E-state index is -0.242. The van der Waals surface area contributed by atoms with Crippen molar-refractivity contribution in [2.24, 2.45) is 0 Å². The van der Waals surface area contributed by atoms with Crippen LogP contribution >= 0.6 is 0 Å². The van der Waals surface area contributed by atoms with E-state index >= 15 is 0 Å². The zero-order valence-corrected chi connectivity index (χ0v) is 17.9. The Kier molecular flexibility index (Phi) is 5.58. The molecule has 2 amide bonds. The Morgan fingerprint density at radius 2 is 1.74 bits per heavy atom. The van der Waals surface area contributed by atoms with Gasteiger partial charge < -0.3 is 15.2 Å². The lowest BCUT2D eigenvalue weighted by Crippen LogP contribution is -2.20. The summed E-state index contributed by atoms with van der Waals surface area (Å²) in [5.74, 6) is -0.420. The molecule has 0 radical (unpaired) electrons. The van der Waals surface area contributed by atoms with Gasteiger partial charge in [-0.25, -0.2) is 0 Å². The molecule has 31 heavy (non-hydrogen) atoms. The highest BCUT2D eigenvalue weighted by molar-refractivity contribution is 6.09. The van der Waals surface area contributed by atoms with E-state index in [2.05, 4.69) is 52.5 Å². The molecule has 1 heterocycles. The van der Waals surface area contributed by atoms with Crippen LogP contribution in [0.4, 0.5) is 5.69 Å². The largest absolute Gasteiger partial charge is 0.355 e. The lowest BCUT2D eigenvalue weighted by molar-refractivity contribution is -0.111. The fourth-order valence-corrected chi connectivity index (χ4v) is 4.01. The van der Waals surface area contributed by atoms with E-state index in [0.29, 0.717) is 11.3 Å². The Labute approximate surface area is 181 Å². The maximum atomic E-state index is 12.5. The highest BCUT2D eigenvalue weighted by Gasteiger charge is 2.12. The van der Waals surface area contributed by atoms with E-state index in [9.17, 15) is 9.59 Å². The first-order valence-corrected chi connectivity index (χ1v) is 10.3. The van der Waals surface area contributed by atoms with Crippen molar-refractivity contribution in [1.29, 1.82) is 0 Å². The normalized spacial score (nSPS) is 11.3. The number of rotatable bonds is 5. The highest BCUT2D eigenvalue weighted by Crippen LogP contribution is 2.30. The summed E-state index contributed by atoms with van der Waals surface area (Å²) >= 11 is 0. The van der Waals surface area contributed by atoms with Crippen LogP contribution in [0.2, 0.25) is 0 Å². The Bertz CT molecular complexity index is 1330. The van der Waals surface area contributed by atoms with E-state index in [4.69, 9.17) is 0 Å². The van der Waals surface area contributed by atoms with Gasteiger partial charge >= 0.3 is 0 Å². The topological polar surface area (TPSA) is 63.1 Å². The lowest BCUT2D eigenvalue weighted by atomic mass is 10.1. The number of anilines is 1. The summed E-state index contributed by atoms with van der Waals surface area (Å²) in [5, 5.41) is 7.87. The third-order valence-corrected chi connectivity index (χ3v) is 5.60. The maximum Gasteiger partial charge on any atom is 0.251 e. The van der Waals surface area contributed by atoms with Gasteiger partial charge in [0.25, 0.3) is 5.91 Å². The van der Waals surface area contributed by atoms with Crippen LogP contribution in [0, 0.1) is 6.92 Å². The Morgan fingerprint density at radius 1 is 0.968 bits per heavy atom. The minimum absolute atomic E-state index is 0.177. The van der Waals surface area contributed by atoms with Crippen LogP contribution in [0.3, 0.4) is 0 Å². The van der Waals surface area contributed by atoms with E-state index in [1.54, 1.807) is 25.2 Å². The first-order chi connectivity index (χ1) is 15.0. The number of aromatic nitrogens is 1. The minimum Gasteiger partial charge on any atom is -0.355 e. The molecule has 0 spiro atoms. The fourth-order valence-electron chi connectivity index (χ4n) is 4.01. The average molecular weight is 412 g/mol. The molecule has 4 aromatic rings. The molecule has 0 saturated carbocycles. The predicted octanol–water partition coefficient (Wildman–Crippen LogP) is 5.13. The quantitative estimate of drug-likeness (QED) is 0.447. The molecule has 1 aromatic heterocycles. The number of carbonyl (C=O) groups excluding carboxylic acids is 2. The summed E-state index contributed by atoms with van der Waals surface area (Å²) in [6, 6.07) is 19.9. The third-order valence-electron chi connectivity index (χ3n) is 5.60. The molecule has 0 aliphatic heterocycles. The molecule has 3 aromatic carbocycles. The van der Waals surface area contributed by atoms with Crippen LogP contribution in [0.1, 0.15) is 28.4 Å². The van der Waals surface area contributed by atoms with E-state index < -0.39 is 0 Å². The summed E-state index contributed by atoms with van der Waals surface area (Å²) < 4.78 is 2.30. The average Bonchev–Trinajstić information content (AvgIpc) is 3.11. The van der Waals surface area contributed by atoms with Gasteiger partial charge in [0, 0.05) is 52.7 Å². The van der Waals surface area contributed by atoms with Gasteiger partial charge in [0.1, 0.15) is 0 Å². The Balaban J connectivity index is 1.60. The standard InChI is InChI=1S/C26H25N3O2/c1-4-29-23-11-6-5-8-20(23)21-16-18(12-14-24(21)29)13-15-25(30)28-22-10-7-9-19(17(22)2)26(31)27-3/h5-16H,4H2,1-3H3,(H,27,31)(H,28,30)/b15-13+. The molecule has 0 aliphatic rings. The van der Waals surface area contributed by atoms with Gasteiger partial charge in [0.05, 0.1) is 0 Å². The van der Waals surface area contributed by atoms with Crippen LogP contribution in [0.5, 0.6) is 0 Å². The molecule has 0 bridgehead atoms. The summed E-state index contributed by atoms with van der Waals surface area (Å²) in [4.78, 5) is 24.5. The van der Waals surface area contributed by atoms with Crippen molar-refractivity contribution in [2.45, 2.75) is 20.4 Å². The molecule has 4 rings (SSSR count). The van der Waals surface area contributed by atoms with Crippen molar-refractivity contribution in [3.63, 3.8) is 0 Å². The second-order valence-electron chi connectivity index (χ2n) is 7.42. The number of carbonyl (C=O) groups is 2. The molecule has 5 nitrogen and oxygen atoms in total. The van der Waals surface area contributed by atoms with Gasteiger partial charge in [-0.1, -0.05) is 30.3 Å². The van der Waals surface area contributed by atoms with Crippen molar-refractivity contribution in [3.8, 4) is 0 Å². The van der Waals surface area contributed by atoms with Crippen LogP contribution in [-0.2, 0) is 11.3 Å². The summed E-state index contributed by atoms with van der Waals surface area (Å²) in [7, 11) is 1.59. The number of hydrogen-bond acceptors (Lipinski definition) is 2. The maximum absolute atomic E-state index is 12.5. The SMILES string of the molecule is CCn1c2ccccc2c2cc(/C=C/C(=O)Nc3cccc(C(=O)NC)c3C)ccc21. The zero-order valence-electron chi connectivity index (χ0n) is 17.9. The summed E-state index contributed by atoms with van der Waals surface area (Å²) in [5.41, 5.74) is 5.26. The van der Waals surface area contributed by atoms with Crippen molar-refractivity contribution < 1.29 is 9.59 Å². The number of fused-ring (bicyclic) bond motifs is 3. The number of benzene rings is 3. The second-order valence-corrected chi connectivity index (χ2v) is 7.42. The fraction of sp³-hybridized carbons (Fsp3) is 0.154. The van der Waals surface area contributed by atoms with E-state index in [0.717, 1.165) is 17.7 Å². The van der Waals surface area contributed by atoms with Crippen molar-refractivity contribution in [1.82, 2.24) is 9.88 Å². The van der Waals surface area contributed by atoms with E-state index in [-0.39, 0.29) is 11.8 Å². The highest BCUT2D eigenvalue weighted by atomic mass is 16.2. The van der Waals surface area contributed by atoms with Crippen LogP contribution in [0.15, 0.2) is 66.7 Å². The third kappa shape index (κ3) is 3.82. The van der Waals surface area contributed by atoms with E-state index in [1.807, 2.05) is 25.1 Å². The van der Waals surface area contributed by atoms with Gasteiger partial charge in [0.15, 0.2) is 0 Å². The lowest BCUT2D eigenvalue weighted by Gasteiger charge is -2.10. The van der Waals surface area contributed by atoms with Gasteiger partial charge in [-0.15, -0.1) is 0 Å². The first-order valence-electron chi connectivity index (χ1n) is 10.3. The molecule has 0 aliphatic carbocycles. The van der Waals surface area contributed by atoms with Gasteiger partial charge in [0.2, 0.25) is 5.91 Å². The number of nitrogens with one attached hydrogen (secondary N) is 2. The van der Waals surface area contributed by atoms with Crippen molar-refractivity contribution in [3.05, 3.63) is 83.4 Å². The summed E-state index contributed by atoms with van der Waals surface area (Å²) in [6.45, 7) is 4.86. The number of hydrogen-bond donors (Lipinski definition) is 2. The monoisotopic (exact) mass is 411 g/mol. The van der Waals surface area contributed by atoms with Gasteiger partial charge in [-0.3, -0.25) is 9.59 Å². The molecule has 2 N–H and O–H groups in total. The number of amides is 2. The first kappa shape index (κ1) is 20.4. The second kappa shape index (κ2) is 8.48. The molecular weight excluding hydrogens is 386 g/mol. The number of para-hydroxylation sites is 1. The molecule has 156 valence electrons. The summed E-state index contributed by atoms with van der Waals surface area (Å²) in [6.07, 6.45) is 3.33. The molecule has 0 unspecified atom stereocenters. The van der Waals surface area contributed by atoms with Crippen molar-refractivity contribution in [2.75, 3.05) is 12.4 Å². The van der Waals surface area contributed by atoms with Crippen LogP contribution in [0.25, 0.3) is 27.9 Å². The smallest absolute Gasteiger partial charge is 0.251 e. The van der Waals surface area contributed by atoms with Crippen molar-refractivity contribution >= 4 is 45.4 Å². The molecule has 0 saturated heterocycles. The zero-order chi connectivity index (χ0) is 22.0. The van der Waals surface area contributed by atoms with Crippen LogP contribution < -0.4 is 10.6 Å². The molecular formula is C26H25N3O2. The van der Waals surface area contributed by atoms with Gasteiger partial charge in [-0.05, 0) is 61.4 Å². The number of nitrogens with zero attached hydrogens (tertiary/aromatic N) is 1. The number of aryl methyl sites for hydroxylation is 1. The molecule has 0 atom stereocenters. The van der Waals surface area contributed by atoms with Gasteiger partial charge in [-0.2, -0.15) is 0 Å². The molecule has 0 fully saturated rings. The Hall–Kier alpha value is -3.86. The Morgan fingerprint density at radius 3 is 2.52 bits per heavy atom. The molecule has 5 heteroatoms. The predicted molar refractivity (Wildman–Crippen MR) is 127 cm³/mol.